The standard InChI is InChI=1S/C24H30Cl2N2O3/c1-17(2)15-27-24(30)18(3)28(16-19-11-12-20(25)14-22(19)26)23(29)10-7-13-31-21-8-5-4-6-9-21/h4-6,8-9,11-12,14,17-18H,7,10,13,15-16H2,1-3H3,(H,27,30). The first-order valence-electron chi connectivity index (χ1n) is 10.5. The van der Waals surface area contributed by atoms with Crippen LogP contribution in [-0.2, 0) is 16.1 Å². The van der Waals surface area contributed by atoms with Crippen molar-refractivity contribution in [2.75, 3.05) is 13.2 Å². The number of halogens is 2. The summed E-state index contributed by atoms with van der Waals surface area (Å²) >= 11 is 12.3. The Hall–Kier alpha value is -2.24. The molecule has 7 heteroatoms. The molecule has 2 aromatic carbocycles. The van der Waals surface area contributed by atoms with Crippen molar-refractivity contribution < 1.29 is 14.3 Å². The SMILES string of the molecule is CC(C)CNC(=O)C(C)N(Cc1ccc(Cl)cc1Cl)C(=O)CCCOc1ccccc1. The number of nitrogens with zero attached hydrogens (tertiary/aromatic N) is 1. The van der Waals surface area contributed by atoms with Gasteiger partial charge in [0.15, 0.2) is 0 Å². The zero-order valence-corrected chi connectivity index (χ0v) is 19.7. The predicted octanol–water partition coefficient (Wildman–Crippen LogP) is 5.34. The summed E-state index contributed by atoms with van der Waals surface area (Å²) in [7, 11) is 0. The van der Waals surface area contributed by atoms with E-state index in [0.717, 1.165) is 11.3 Å². The van der Waals surface area contributed by atoms with Crippen molar-refractivity contribution in [3.8, 4) is 5.75 Å². The number of hydrogen-bond acceptors (Lipinski definition) is 3. The van der Waals surface area contributed by atoms with Gasteiger partial charge in [-0.3, -0.25) is 9.59 Å². The van der Waals surface area contributed by atoms with Crippen molar-refractivity contribution in [2.24, 2.45) is 5.92 Å². The lowest BCUT2D eigenvalue weighted by Crippen LogP contribution is -2.48. The summed E-state index contributed by atoms with van der Waals surface area (Å²) in [6, 6.07) is 14.0. The Morgan fingerprint density at radius 2 is 1.77 bits per heavy atom. The van der Waals surface area contributed by atoms with E-state index in [2.05, 4.69) is 5.32 Å². The molecule has 2 amide bonds. The first kappa shape index (κ1) is 25.0. The molecule has 2 aromatic rings. The third-order valence-electron chi connectivity index (χ3n) is 4.75. The summed E-state index contributed by atoms with van der Waals surface area (Å²) < 4.78 is 5.67. The zero-order valence-electron chi connectivity index (χ0n) is 18.2. The van der Waals surface area contributed by atoms with Gasteiger partial charge in [0.2, 0.25) is 11.8 Å². The molecule has 1 N–H and O–H groups in total. The van der Waals surface area contributed by atoms with E-state index in [1.54, 1.807) is 30.0 Å². The first-order chi connectivity index (χ1) is 14.8. The van der Waals surface area contributed by atoms with Crippen LogP contribution in [0.5, 0.6) is 5.75 Å². The van der Waals surface area contributed by atoms with E-state index in [9.17, 15) is 9.59 Å². The Balaban J connectivity index is 2.04. The molecule has 0 saturated carbocycles. The fourth-order valence-electron chi connectivity index (χ4n) is 2.94. The fraction of sp³-hybridized carbons (Fsp3) is 0.417. The largest absolute Gasteiger partial charge is 0.494 e. The quantitative estimate of drug-likeness (QED) is 0.456. The van der Waals surface area contributed by atoms with Crippen molar-refractivity contribution in [3.05, 3.63) is 64.1 Å². The van der Waals surface area contributed by atoms with E-state index < -0.39 is 6.04 Å². The predicted molar refractivity (Wildman–Crippen MR) is 125 cm³/mol. The lowest BCUT2D eigenvalue weighted by Gasteiger charge is -2.29. The van der Waals surface area contributed by atoms with Crippen LogP contribution in [0.25, 0.3) is 0 Å². The van der Waals surface area contributed by atoms with E-state index >= 15 is 0 Å². The maximum atomic E-state index is 13.0. The van der Waals surface area contributed by atoms with Crippen LogP contribution in [0.2, 0.25) is 10.0 Å². The molecule has 1 unspecified atom stereocenters. The molecule has 0 saturated heterocycles. The summed E-state index contributed by atoms with van der Waals surface area (Å²) in [5.41, 5.74) is 0.739. The van der Waals surface area contributed by atoms with E-state index in [0.29, 0.717) is 35.5 Å². The number of para-hydroxylation sites is 1. The number of ether oxygens (including phenoxy) is 1. The van der Waals surface area contributed by atoms with Crippen LogP contribution >= 0.6 is 23.2 Å². The minimum absolute atomic E-state index is 0.130. The van der Waals surface area contributed by atoms with Gasteiger partial charge < -0.3 is 15.0 Å². The van der Waals surface area contributed by atoms with Crippen LogP contribution in [0.4, 0.5) is 0 Å². The van der Waals surface area contributed by atoms with Crippen LogP contribution in [0, 0.1) is 5.92 Å². The molecule has 31 heavy (non-hydrogen) atoms. The van der Waals surface area contributed by atoms with E-state index in [4.69, 9.17) is 27.9 Å². The molecule has 0 bridgehead atoms. The highest BCUT2D eigenvalue weighted by Crippen LogP contribution is 2.23. The molecule has 0 heterocycles. The van der Waals surface area contributed by atoms with Crippen LogP contribution in [0.3, 0.4) is 0 Å². The number of carbonyl (C=O) groups excluding carboxylic acids is 2. The van der Waals surface area contributed by atoms with Crippen molar-refractivity contribution >= 4 is 35.0 Å². The molecule has 0 aliphatic heterocycles. The van der Waals surface area contributed by atoms with Gasteiger partial charge in [0.05, 0.1) is 6.61 Å². The topological polar surface area (TPSA) is 58.6 Å². The summed E-state index contributed by atoms with van der Waals surface area (Å²) in [4.78, 5) is 27.3. The molecular formula is C24H30Cl2N2O3. The summed E-state index contributed by atoms with van der Waals surface area (Å²) in [5, 5.41) is 3.89. The molecule has 0 spiro atoms. The Morgan fingerprint density at radius 1 is 1.06 bits per heavy atom. The second-order valence-electron chi connectivity index (χ2n) is 7.84. The van der Waals surface area contributed by atoms with Crippen LogP contribution in [0.15, 0.2) is 48.5 Å². The molecule has 5 nitrogen and oxygen atoms in total. The summed E-state index contributed by atoms with van der Waals surface area (Å²) in [5.74, 6) is 0.768. The second-order valence-corrected chi connectivity index (χ2v) is 8.68. The molecule has 0 aromatic heterocycles. The van der Waals surface area contributed by atoms with E-state index in [1.165, 1.54) is 0 Å². The second kappa shape index (κ2) is 12.6. The first-order valence-corrected chi connectivity index (χ1v) is 11.2. The number of carbonyl (C=O) groups is 2. The highest BCUT2D eigenvalue weighted by molar-refractivity contribution is 6.35. The number of amides is 2. The molecule has 2 rings (SSSR count). The van der Waals surface area contributed by atoms with Gasteiger partial charge in [-0.1, -0.05) is 61.3 Å². The van der Waals surface area contributed by atoms with Crippen LogP contribution < -0.4 is 10.1 Å². The Labute approximate surface area is 194 Å². The zero-order chi connectivity index (χ0) is 22.8. The average Bonchev–Trinajstić information content (AvgIpc) is 2.74. The highest BCUT2D eigenvalue weighted by atomic mass is 35.5. The van der Waals surface area contributed by atoms with Gasteiger partial charge in [-0.05, 0) is 49.1 Å². The third-order valence-corrected chi connectivity index (χ3v) is 5.34. The van der Waals surface area contributed by atoms with Gasteiger partial charge in [-0.2, -0.15) is 0 Å². The molecule has 1 atom stereocenters. The third kappa shape index (κ3) is 8.42. The van der Waals surface area contributed by atoms with Gasteiger partial charge in [0.25, 0.3) is 0 Å². The number of benzene rings is 2. The van der Waals surface area contributed by atoms with Gasteiger partial charge in [-0.25, -0.2) is 0 Å². The lowest BCUT2D eigenvalue weighted by molar-refractivity contribution is -0.140. The van der Waals surface area contributed by atoms with Crippen molar-refractivity contribution in [3.63, 3.8) is 0 Å². The fourth-order valence-corrected chi connectivity index (χ4v) is 3.41. The van der Waals surface area contributed by atoms with Crippen molar-refractivity contribution in [2.45, 2.75) is 46.2 Å². The van der Waals surface area contributed by atoms with Crippen LogP contribution in [0.1, 0.15) is 39.2 Å². The maximum Gasteiger partial charge on any atom is 0.242 e. The van der Waals surface area contributed by atoms with Crippen molar-refractivity contribution in [1.82, 2.24) is 10.2 Å². The maximum absolute atomic E-state index is 13.0. The number of rotatable bonds is 11. The molecule has 0 fully saturated rings. The number of nitrogens with one attached hydrogen (secondary N) is 1. The van der Waals surface area contributed by atoms with Gasteiger partial charge >= 0.3 is 0 Å². The molecule has 168 valence electrons. The van der Waals surface area contributed by atoms with Gasteiger partial charge in [0.1, 0.15) is 11.8 Å². The Morgan fingerprint density at radius 3 is 2.42 bits per heavy atom. The average molecular weight is 465 g/mol. The van der Waals surface area contributed by atoms with Crippen LogP contribution in [-0.4, -0.2) is 35.9 Å². The highest BCUT2D eigenvalue weighted by Gasteiger charge is 2.26. The smallest absolute Gasteiger partial charge is 0.242 e. The van der Waals surface area contributed by atoms with E-state index in [1.807, 2.05) is 44.2 Å². The monoisotopic (exact) mass is 464 g/mol. The molecular weight excluding hydrogens is 435 g/mol. The lowest BCUT2D eigenvalue weighted by atomic mass is 10.1. The minimum Gasteiger partial charge on any atom is -0.494 e. The Kier molecular flexibility index (Phi) is 10.2. The van der Waals surface area contributed by atoms with E-state index in [-0.39, 0.29) is 24.8 Å². The normalized spacial score (nSPS) is 11.8. The molecule has 0 aliphatic carbocycles. The van der Waals surface area contributed by atoms with Gasteiger partial charge in [-0.15, -0.1) is 0 Å². The summed E-state index contributed by atoms with van der Waals surface area (Å²) in [6.45, 7) is 6.97. The summed E-state index contributed by atoms with van der Waals surface area (Å²) in [6.07, 6.45) is 0.804. The molecule has 0 radical (unpaired) electrons. The minimum atomic E-state index is -0.631. The van der Waals surface area contributed by atoms with Gasteiger partial charge in [0, 0.05) is 29.6 Å². The molecule has 0 aliphatic rings. The Bertz CT molecular complexity index is 859. The van der Waals surface area contributed by atoms with Crippen molar-refractivity contribution in [1.29, 1.82) is 0 Å². The number of hydrogen-bond donors (Lipinski definition) is 1.